The maximum atomic E-state index is 11.7. The molecule has 5 heteroatoms. The topological polar surface area (TPSA) is 75.8 Å². The maximum absolute atomic E-state index is 11.7. The number of rotatable bonds is 6. The smallest absolute Gasteiger partial charge is 0.225 e. The van der Waals surface area contributed by atoms with E-state index in [0.29, 0.717) is 19.5 Å². The fourth-order valence-electron chi connectivity index (χ4n) is 3.32. The average molecular weight is 340 g/mol. The van der Waals surface area contributed by atoms with Crippen LogP contribution >= 0.6 is 0 Å². The summed E-state index contributed by atoms with van der Waals surface area (Å²) in [5, 5.41) is 10.4. The molecule has 1 heterocycles. The Bertz CT molecular complexity index is 747. The molecule has 25 heavy (non-hydrogen) atoms. The van der Waals surface area contributed by atoms with Crippen LogP contribution in [0.15, 0.2) is 48.5 Å². The summed E-state index contributed by atoms with van der Waals surface area (Å²) in [4.78, 5) is 13.8. The van der Waals surface area contributed by atoms with E-state index in [-0.39, 0.29) is 18.4 Å². The number of β-amino-alcohol motifs (C(OH)–C–C–N with tert-alkyl or cyclic N) is 1. The Morgan fingerprint density at radius 1 is 1.32 bits per heavy atom. The summed E-state index contributed by atoms with van der Waals surface area (Å²) in [6.07, 6.45) is 0.0383. The number of hydrogen-bond donors (Lipinski definition) is 2. The molecule has 5 nitrogen and oxygen atoms in total. The third kappa shape index (κ3) is 4.12. The molecule has 0 saturated heterocycles. The standard InChI is InChI=1S/C20H24N2O3/c1-14-5-4-6-16(11-14)25-13-15(23)12-22-10-9-18(20(21)24)17-7-2-3-8-19(17)22/h2-8,11,15,18,23H,9-10,12-13H2,1H3,(H2,21,24). The second-order valence-corrected chi connectivity index (χ2v) is 6.53. The summed E-state index contributed by atoms with van der Waals surface area (Å²) >= 11 is 0. The lowest BCUT2D eigenvalue weighted by Gasteiger charge is -2.35. The van der Waals surface area contributed by atoms with Gasteiger partial charge in [-0.1, -0.05) is 30.3 Å². The van der Waals surface area contributed by atoms with Crippen molar-refractivity contribution >= 4 is 11.6 Å². The monoisotopic (exact) mass is 340 g/mol. The molecule has 0 saturated carbocycles. The van der Waals surface area contributed by atoms with Crippen LogP contribution in [0.1, 0.15) is 23.5 Å². The van der Waals surface area contributed by atoms with E-state index in [0.717, 1.165) is 22.6 Å². The highest BCUT2D eigenvalue weighted by Crippen LogP contribution is 2.34. The van der Waals surface area contributed by atoms with Gasteiger partial charge in [-0.25, -0.2) is 0 Å². The molecule has 3 N–H and O–H groups in total. The first kappa shape index (κ1) is 17.3. The Kier molecular flexibility index (Phi) is 5.24. The first-order chi connectivity index (χ1) is 12.0. The molecule has 3 rings (SSSR count). The summed E-state index contributed by atoms with van der Waals surface area (Å²) in [6.45, 7) is 3.37. The minimum atomic E-state index is -0.626. The Morgan fingerprint density at radius 3 is 2.88 bits per heavy atom. The van der Waals surface area contributed by atoms with Crippen molar-refractivity contribution in [3.8, 4) is 5.75 Å². The number of carbonyl (C=O) groups is 1. The van der Waals surface area contributed by atoms with Gasteiger partial charge in [0.2, 0.25) is 5.91 Å². The highest BCUT2D eigenvalue weighted by molar-refractivity contribution is 5.85. The van der Waals surface area contributed by atoms with Crippen LogP contribution in [-0.4, -0.2) is 36.8 Å². The highest BCUT2D eigenvalue weighted by Gasteiger charge is 2.29. The van der Waals surface area contributed by atoms with E-state index < -0.39 is 6.10 Å². The number of aliphatic hydroxyl groups excluding tert-OH is 1. The van der Waals surface area contributed by atoms with Crippen molar-refractivity contribution in [2.45, 2.75) is 25.4 Å². The van der Waals surface area contributed by atoms with Crippen molar-refractivity contribution in [2.75, 3.05) is 24.6 Å². The maximum Gasteiger partial charge on any atom is 0.225 e. The van der Waals surface area contributed by atoms with Crippen LogP contribution in [0.2, 0.25) is 0 Å². The quantitative estimate of drug-likeness (QED) is 0.845. The van der Waals surface area contributed by atoms with Crippen molar-refractivity contribution in [3.05, 3.63) is 59.7 Å². The van der Waals surface area contributed by atoms with E-state index in [1.807, 2.05) is 55.5 Å². The summed E-state index contributed by atoms with van der Waals surface area (Å²) in [6, 6.07) is 15.5. The van der Waals surface area contributed by atoms with Gasteiger partial charge >= 0.3 is 0 Å². The fraction of sp³-hybridized carbons (Fsp3) is 0.350. The lowest BCUT2D eigenvalue weighted by molar-refractivity contribution is -0.119. The van der Waals surface area contributed by atoms with Gasteiger partial charge in [0.05, 0.1) is 5.92 Å². The Balaban J connectivity index is 1.64. The molecule has 0 radical (unpaired) electrons. The molecular formula is C20H24N2O3. The number of nitrogens with two attached hydrogens (primary N) is 1. The molecule has 2 unspecified atom stereocenters. The van der Waals surface area contributed by atoms with Gasteiger partial charge in [-0.3, -0.25) is 4.79 Å². The molecule has 1 aliphatic rings. The fourth-order valence-corrected chi connectivity index (χ4v) is 3.32. The average Bonchev–Trinajstić information content (AvgIpc) is 2.60. The SMILES string of the molecule is Cc1cccc(OCC(O)CN2CCC(C(N)=O)c3ccccc32)c1. The van der Waals surface area contributed by atoms with Gasteiger partial charge in [-0.05, 0) is 42.7 Å². The summed E-state index contributed by atoms with van der Waals surface area (Å²) in [5.74, 6) is 0.204. The van der Waals surface area contributed by atoms with Gasteiger partial charge < -0.3 is 20.5 Å². The molecule has 0 aromatic heterocycles. The largest absolute Gasteiger partial charge is 0.491 e. The number of aryl methyl sites for hydroxylation is 1. The van der Waals surface area contributed by atoms with Crippen molar-refractivity contribution in [1.29, 1.82) is 0 Å². The van der Waals surface area contributed by atoms with Crippen molar-refractivity contribution in [1.82, 2.24) is 0 Å². The zero-order chi connectivity index (χ0) is 17.8. The molecule has 2 atom stereocenters. The molecule has 2 aromatic carbocycles. The van der Waals surface area contributed by atoms with Crippen molar-refractivity contribution < 1.29 is 14.6 Å². The zero-order valence-electron chi connectivity index (χ0n) is 14.4. The third-order valence-corrected chi connectivity index (χ3v) is 4.55. The lowest BCUT2D eigenvalue weighted by atomic mass is 9.89. The van der Waals surface area contributed by atoms with Crippen LogP contribution in [0.3, 0.4) is 0 Å². The number of amides is 1. The first-order valence-electron chi connectivity index (χ1n) is 8.55. The second-order valence-electron chi connectivity index (χ2n) is 6.53. The minimum Gasteiger partial charge on any atom is -0.491 e. The number of carbonyl (C=O) groups excluding carboxylic acids is 1. The van der Waals surface area contributed by atoms with Crippen LogP contribution in [-0.2, 0) is 4.79 Å². The minimum absolute atomic E-state index is 0.224. The third-order valence-electron chi connectivity index (χ3n) is 4.55. The number of ether oxygens (including phenoxy) is 1. The second kappa shape index (κ2) is 7.57. The zero-order valence-corrected chi connectivity index (χ0v) is 14.4. The van der Waals surface area contributed by atoms with Crippen LogP contribution in [0.25, 0.3) is 0 Å². The number of aliphatic hydroxyl groups is 1. The Labute approximate surface area is 148 Å². The van der Waals surface area contributed by atoms with Gasteiger partial charge in [0.15, 0.2) is 0 Å². The van der Waals surface area contributed by atoms with E-state index in [1.54, 1.807) is 0 Å². The van der Waals surface area contributed by atoms with Crippen LogP contribution < -0.4 is 15.4 Å². The number of nitrogens with zero attached hydrogens (tertiary/aromatic N) is 1. The van der Waals surface area contributed by atoms with E-state index in [2.05, 4.69) is 4.90 Å². The predicted octanol–water partition coefficient (Wildman–Crippen LogP) is 2.21. The van der Waals surface area contributed by atoms with Gasteiger partial charge in [-0.2, -0.15) is 0 Å². The summed E-state index contributed by atoms with van der Waals surface area (Å²) < 4.78 is 5.69. The Hall–Kier alpha value is -2.53. The summed E-state index contributed by atoms with van der Waals surface area (Å²) in [5.41, 5.74) is 8.55. The number of anilines is 1. The number of para-hydroxylation sites is 1. The van der Waals surface area contributed by atoms with Crippen LogP contribution in [0.5, 0.6) is 5.75 Å². The summed E-state index contributed by atoms with van der Waals surface area (Å²) in [7, 11) is 0. The van der Waals surface area contributed by atoms with Crippen molar-refractivity contribution in [2.24, 2.45) is 5.73 Å². The number of hydrogen-bond acceptors (Lipinski definition) is 4. The molecule has 0 spiro atoms. The first-order valence-corrected chi connectivity index (χ1v) is 8.55. The molecule has 0 fully saturated rings. The Morgan fingerprint density at radius 2 is 2.12 bits per heavy atom. The molecule has 132 valence electrons. The van der Waals surface area contributed by atoms with E-state index in [1.165, 1.54) is 0 Å². The molecule has 1 amide bonds. The van der Waals surface area contributed by atoms with Gasteiger partial charge in [0, 0.05) is 18.8 Å². The van der Waals surface area contributed by atoms with Crippen LogP contribution in [0.4, 0.5) is 5.69 Å². The molecular weight excluding hydrogens is 316 g/mol. The van der Waals surface area contributed by atoms with Gasteiger partial charge in [0.25, 0.3) is 0 Å². The normalized spacial score (nSPS) is 17.7. The molecule has 2 aromatic rings. The number of primary amides is 1. The van der Waals surface area contributed by atoms with Gasteiger partial charge in [-0.15, -0.1) is 0 Å². The van der Waals surface area contributed by atoms with E-state index in [4.69, 9.17) is 10.5 Å². The molecule has 1 aliphatic heterocycles. The number of benzene rings is 2. The lowest BCUT2D eigenvalue weighted by Crippen LogP contribution is -2.41. The van der Waals surface area contributed by atoms with Gasteiger partial charge in [0.1, 0.15) is 18.5 Å². The van der Waals surface area contributed by atoms with E-state index >= 15 is 0 Å². The molecule has 0 bridgehead atoms. The highest BCUT2D eigenvalue weighted by atomic mass is 16.5. The van der Waals surface area contributed by atoms with Crippen LogP contribution in [0, 0.1) is 6.92 Å². The predicted molar refractivity (Wildman–Crippen MR) is 97.9 cm³/mol. The number of fused-ring (bicyclic) bond motifs is 1. The van der Waals surface area contributed by atoms with Crippen molar-refractivity contribution in [3.63, 3.8) is 0 Å². The molecule has 0 aliphatic carbocycles. The van der Waals surface area contributed by atoms with E-state index in [9.17, 15) is 9.90 Å².